The van der Waals surface area contributed by atoms with E-state index in [0.717, 1.165) is 0 Å². The minimum atomic E-state index is -0.295. The highest BCUT2D eigenvalue weighted by atomic mass is 32.3. The number of hydrogen-bond acceptors (Lipinski definition) is 0. The second kappa shape index (κ2) is 5.48. The highest BCUT2D eigenvalue weighted by molar-refractivity contribution is 8.32. The molecule has 0 aromatic heterocycles. The van der Waals surface area contributed by atoms with E-state index in [9.17, 15) is 0 Å². The predicted molar refractivity (Wildman–Crippen MR) is 81.3 cm³/mol. The first-order valence-corrected chi connectivity index (χ1v) is 9.48. The molecule has 1 aliphatic heterocycles. The van der Waals surface area contributed by atoms with Gasteiger partial charge in [-0.2, -0.15) is 0 Å². The predicted octanol–water partition coefficient (Wildman–Crippen LogP) is 4.93. The lowest BCUT2D eigenvalue weighted by Gasteiger charge is -2.30. The van der Waals surface area contributed by atoms with Crippen molar-refractivity contribution in [1.82, 2.24) is 0 Å². The van der Waals surface area contributed by atoms with Gasteiger partial charge in [-0.1, -0.05) is 38.1 Å². The Morgan fingerprint density at radius 2 is 1.71 bits per heavy atom. The Balaban J connectivity index is 2.03. The van der Waals surface area contributed by atoms with Gasteiger partial charge in [0.15, 0.2) is 0 Å². The van der Waals surface area contributed by atoms with Gasteiger partial charge in [0.2, 0.25) is 0 Å². The molecule has 0 spiro atoms. The molecule has 0 N–H and O–H groups in total. The molecule has 96 valence electrons. The molecular weight excluding hydrogens is 224 g/mol. The lowest BCUT2D eigenvalue weighted by molar-refractivity contribution is 0.733. The minimum absolute atomic E-state index is 0.295. The highest BCUT2D eigenvalue weighted by Crippen LogP contribution is 2.53. The van der Waals surface area contributed by atoms with Gasteiger partial charge in [0.05, 0.1) is 0 Å². The van der Waals surface area contributed by atoms with Crippen molar-refractivity contribution in [1.29, 1.82) is 0 Å². The second-order valence-corrected chi connectivity index (χ2v) is 9.85. The molecule has 1 heterocycles. The van der Waals surface area contributed by atoms with Crippen LogP contribution in [0.5, 0.6) is 0 Å². The lowest BCUT2D eigenvalue weighted by atomic mass is 9.98. The summed E-state index contributed by atoms with van der Waals surface area (Å²) >= 11 is 0. The molecule has 17 heavy (non-hydrogen) atoms. The Kier molecular flexibility index (Phi) is 4.19. The summed E-state index contributed by atoms with van der Waals surface area (Å²) in [6.07, 6.45) is 6.72. The molecular formula is C16H26S. The fraction of sp³-hybridized carbons (Fsp3) is 0.625. The average Bonchev–Trinajstić information content (AvgIpc) is 2.76. The topological polar surface area (TPSA) is 0 Å². The van der Waals surface area contributed by atoms with Crippen LogP contribution in [0.25, 0.3) is 0 Å². The van der Waals surface area contributed by atoms with Gasteiger partial charge in [0, 0.05) is 5.75 Å². The van der Waals surface area contributed by atoms with Crippen molar-refractivity contribution in [2.24, 2.45) is 0 Å². The third-order valence-electron chi connectivity index (χ3n) is 4.20. The maximum absolute atomic E-state index is 2.54. The van der Waals surface area contributed by atoms with E-state index < -0.39 is 0 Å². The maximum Gasteiger partial charge on any atom is 0.00227 e. The Bertz CT molecular complexity index is 346. The van der Waals surface area contributed by atoms with Crippen LogP contribution in [0.2, 0.25) is 0 Å². The first-order valence-electron chi connectivity index (χ1n) is 6.93. The molecule has 1 fully saturated rings. The van der Waals surface area contributed by atoms with Crippen LogP contribution in [-0.4, -0.2) is 17.8 Å². The normalized spacial score (nSPS) is 22.3. The van der Waals surface area contributed by atoms with Crippen molar-refractivity contribution < 1.29 is 0 Å². The maximum atomic E-state index is 2.54. The summed E-state index contributed by atoms with van der Waals surface area (Å²) in [5.41, 5.74) is 3.07. The third kappa shape index (κ3) is 3.28. The molecule has 0 amide bonds. The molecule has 0 bridgehead atoms. The quantitative estimate of drug-likeness (QED) is 0.711. The van der Waals surface area contributed by atoms with Crippen LogP contribution < -0.4 is 0 Å². The van der Waals surface area contributed by atoms with Crippen molar-refractivity contribution in [2.75, 3.05) is 17.8 Å². The van der Waals surface area contributed by atoms with E-state index in [-0.39, 0.29) is 10.0 Å². The van der Waals surface area contributed by atoms with E-state index in [1.165, 1.54) is 42.1 Å². The molecule has 1 saturated heterocycles. The van der Waals surface area contributed by atoms with Gasteiger partial charge in [0.1, 0.15) is 0 Å². The van der Waals surface area contributed by atoms with E-state index in [4.69, 9.17) is 0 Å². The molecule has 2 rings (SSSR count). The van der Waals surface area contributed by atoms with Gasteiger partial charge in [-0.05, 0) is 54.1 Å². The van der Waals surface area contributed by atoms with Crippen molar-refractivity contribution in [3.8, 4) is 0 Å². The summed E-state index contributed by atoms with van der Waals surface area (Å²) in [5.74, 6) is 5.06. The van der Waals surface area contributed by atoms with Gasteiger partial charge in [-0.15, -0.1) is 0 Å². The van der Waals surface area contributed by atoms with Crippen molar-refractivity contribution in [3.63, 3.8) is 0 Å². The molecule has 0 radical (unpaired) electrons. The highest BCUT2D eigenvalue weighted by Gasteiger charge is 2.23. The van der Waals surface area contributed by atoms with E-state index in [2.05, 4.69) is 44.4 Å². The molecule has 1 atom stereocenters. The summed E-state index contributed by atoms with van der Waals surface area (Å²) in [6.45, 7) is 4.58. The molecule has 1 heteroatoms. The summed E-state index contributed by atoms with van der Waals surface area (Å²) < 4.78 is 0. The smallest absolute Gasteiger partial charge is 0.00227 e. The molecule has 1 unspecified atom stereocenters. The van der Waals surface area contributed by atoms with Crippen LogP contribution in [0.4, 0.5) is 0 Å². The van der Waals surface area contributed by atoms with Crippen molar-refractivity contribution in [2.45, 2.75) is 44.8 Å². The van der Waals surface area contributed by atoms with Gasteiger partial charge in [0.25, 0.3) is 0 Å². The van der Waals surface area contributed by atoms with Gasteiger partial charge in [-0.3, -0.25) is 0 Å². The Hall–Kier alpha value is -0.430. The molecule has 0 aliphatic carbocycles. The molecule has 0 nitrogen and oxygen atoms in total. The first-order chi connectivity index (χ1) is 8.13. The van der Waals surface area contributed by atoms with Crippen molar-refractivity contribution >= 4 is 10.0 Å². The first kappa shape index (κ1) is 13.0. The van der Waals surface area contributed by atoms with E-state index in [1.807, 2.05) is 0 Å². The minimum Gasteiger partial charge on any atom is -0.240 e. The van der Waals surface area contributed by atoms with Crippen molar-refractivity contribution in [3.05, 3.63) is 35.4 Å². The second-order valence-electron chi connectivity index (χ2n) is 5.79. The lowest BCUT2D eigenvalue weighted by Crippen LogP contribution is -2.03. The molecule has 1 aromatic rings. The largest absolute Gasteiger partial charge is 0.240 e. The standard InChI is InChI=1S/C16H26S/c1-4-14(2)16-9-7-15(8-10-16)13-17(3)11-5-6-12-17/h7-10,14H,4-6,11-13H2,1-3H3. The van der Waals surface area contributed by atoms with Gasteiger partial charge < -0.3 is 0 Å². The van der Waals surface area contributed by atoms with E-state index in [0.29, 0.717) is 5.92 Å². The monoisotopic (exact) mass is 250 g/mol. The molecule has 0 saturated carbocycles. The summed E-state index contributed by atoms with van der Waals surface area (Å²) in [5, 5.41) is 0. The van der Waals surface area contributed by atoms with Crippen LogP contribution in [0.1, 0.15) is 50.2 Å². The summed E-state index contributed by atoms with van der Waals surface area (Å²) in [7, 11) is -0.295. The van der Waals surface area contributed by atoms with Gasteiger partial charge in [-0.25, -0.2) is 10.0 Å². The molecule has 1 aromatic carbocycles. The van der Waals surface area contributed by atoms with Crippen LogP contribution in [-0.2, 0) is 5.75 Å². The number of benzene rings is 1. The van der Waals surface area contributed by atoms with E-state index >= 15 is 0 Å². The Labute approximate surface area is 108 Å². The number of hydrogen-bond donors (Lipinski definition) is 0. The summed E-state index contributed by atoms with van der Waals surface area (Å²) in [6, 6.07) is 9.44. The summed E-state index contributed by atoms with van der Waals surface area (Å²) in [4.78, 5) is 0. The van der Waals surface area contributed by atoms with Crippen LogP contribution in [0.3, 0.4) is 0 Å². The zero-order valence-electron chi connectivity index (χ0n) is 11.5. The zero-order valence-corrected chi connectivity index (χ0v) is 12.4. The van der Waals surface area contributed by atoms with Crippen LogP contribution in [0.15, 0.2) is 24.3 Å². The fourth-order valence-electron chi connectivity index (χ4n) is 2.73. The van der Waals surface area contributed by atoms with E-state index in [1.54, 1.807) is 5.56 Å². The average molecular weight is 250 g/mol. The fourth-order valence-corrected chi connectivity index (χ4v) is 6.02. The van der Waals surface area contributed by atoms with Gasteiger partial charge >= 0.3 is 0 Å². The molecule has 1 aliphatic rings. The third-order valence-corrected chi connectivity index (χ3v) is 7.78. The van der Waals surface area contributed by atoms with Crippen LogP contribution >= 0.6 is 10.0 Å². The Morgan fingerprint density at radius 1 is 1.12 bits per heavy atom. The van der Waals surface area contributed by atoms with Crippen LogP contribution in [0, 0.1) is 0 Å². The SMILES string of the molecule is CCC(C)c1ccc(CS2(C)CCCC2)cc1. The number of rotatable bonds is 4. The Morgan fingerprint density at radius 3 is 2.24 bits per heavy atom. The zero-order chi connectivity index (χ0) is 12.3.